The molecule has 11 nitrogen and oxygen atoms in total. The minimum atomic E-state index is -1.26. The minimum absolute atomic E-state index is 0.0639. The highest BCUT2D eigenvalue weighted by Gasteiger charge is 2.43. The lowest BCUT2D eigenvalue weighted by atomic mass is 10.1. The number of rotatable bonds is 8. The molecule has 0 radical (unpaired) electrons. The summed E-state index contributed by atoms with van der Waals surface area (Å²) in [6.45, 7) is 1.69. The number of hydrogen-bond acceptors (Lipinski definition) is 6. The number of carbonyl (C=O) groups is 5. The van der Waals surface area contributed by atoms with Crippen LogP contribution in [0.2, 0.25) is 0 Å². The van der Waals surface area contributed by atoms with Crippen molar-refractivity contribution in [3.05, 3.63) is 0 Å². The molecule has 0 aliphatic carbocycles. The molecule has 11 heteroatoms. The van der Waals surface area contributed by atoms with Crippen molar-refractivity contribution in [3.8, 4) is 0 Å². The fourth-order valence-electron chi connectivity index (χ4n) is 4.69. The Kier molecular flexibility index (Phi) is 7.47. The number of carboxylic acid groups (broad SMARTS) is 1. The van der Waals surface area contributed by atoms with Crippen LogP contribution in [0.15, 0.2) is 0 Å². The molecule has 0 aromatic rings. The number of primary amides is 1. The SMILES string of the molecule is NC(=O)CC[C@H](NC(=O)[C@@H]1CCCN1C(=O)[C@@H]1CCCN1C(=O)[C@@H]1CCCN1)C(=O)O. The van der Waals surface area contributed by atoms with E-state index in [1.54, 1.807) is 4.90 Å². The molecule has 3 rings (SSSR count). The molecule has 172 valence electrons. The molecular formula is C20H31N5O6. The van der Waals surface area contributed by atoms with Crippen molar-refractivity contribution < 1.29 is 29.1 Å². The highest BCUT2D eigenvalue weighted by atomic mass is 16.4. The standard InChI is InChI=1S/C20H31N5O6/c21-16(26)8-7-13(20(30)31)23-17(27)14-5-2-10-24(14)19(29)15-6-3-11-25(15)18(28)12-4-1-9-22-12/h12-15,22H,1-11H2,(H2,21,26)(H,23,27)(H,30,31)/t12-,13-,14-,15-/m0/s1. The first kappa shape index (κ1) is 23.0. The zero-order valence-electron chi connectivity index (χ0n) is 17.5. The van der Waals surface area contributed by atoms with E-state index in [-0.39, 0.29) is 30.7 Å². The Labute approximate surface area is 180 Å². The topological polar surface area (TPSA) is 162 Å². The molecule has 0 bridgehead atoms. The van der Waals surface area contributed by atoms with E-state index in [9.17, 15) is 29.1 Å². The third-order valence-corrected chi connectivity index (χ3v) is 6.31. The van der Waals surface area contributed by atoms with E-state index in [4.69, 9.17) is 5.73 Å². The first-order valence-corrected chi connectivity index (χ1v) is 11.0. The highest BCUT2D eigenvalue weighted by molar-refractivity contribution is 5.95. The van der Waals surface area contributed by atoms with Crippen LogP contribution in [0.4, 0.5) is 0 Å². The maximum Gasteiger partial charge on any atom is 0.326 e. The first-order chi connectivity index (χ1) is 14.8. The lowest BCUT2D eigenvalue weighted by Crippen LogP contribution is -2.56. The average molecular weight is 437 g/mol. The second kappa shape index (κ2) is 10.1. The van der Waals surface area contributed by atoms with Gasteiger partial charge in [0, 0.05) is 19.5 Å². The second-order valence-electron chi connectivity index (χ2n) is 8.43. The number of nitrogens with two attached hydrogens (primary N) is 1. The number of nitrogens with one attached hydrogen (secondary N) is 2. The number of carbonyl (C=O) groups excluding carboxylic acids is 4. The van der Waals surface area contributed by atoms with Crippen molar-refractivity contribution >= 4 is 29.6 Å². The van der Waals surface area contributed by atoms with E-state index in [1.807, 2.05) is 0 Å². The lowest BCUT2D eigenvalue weighted by molar-refractivity contribution is -0.148. The van der Waals surface area contributed by atoms with Crippen molar-refractivity contribution in [2.75, 3.05) is 19.6 Å². The van der Waals surface area contributed by atoms with Crippen LogP contribution in [0, 0.1) is 0 Å². The fraction of sp³-hybridized carbons (Fsp3) is 0.750. The summed E-state index contributed by atoms with van der Waals surface area (Å²) in [7, 11) is 0. The molecular weight excluding hydrogens is 406 g/mol. The van der Waals surface area contributed by atoms with E-state index in [2.05, 4.69) is 10.6 Å². The number of amides is 4. The van der Waals surface area contributed by atoms with E-state index >= 15 is 0 Å². The second-order valence-corrected chi connectivity index (χ2v) is 8.43. The molecule has 4 amide bonds. The summed E-state index contributed by atoms with van der Waals surface area (Å²) in [4.78, 5) is 64.4. The largest absolute Gasteiger partial charge is 0.480 e. The van der Waals surface area contributed by atoms with Crippen LogP contribution < -0.4 is 16.4 Å². The van der Waals surface area contributed by atoms with E-state index < -0.39 is 35.9 Å². The zero-order chi connectivity index (χ0) is 22.5. The Morgan fingerprint density at radius 2 is 1.61 bits per heavy atom. The van der Waals surface area contributed by atoms with Gasteiger partial charge >= 0.3 is 5.97 Å². The van der Waals surface area contributed by atoms with Crippen LogP contribution in [0.5, 0.6) is 0 Å². The fourth-order valence-corrected chi connectivity index (χ4v) is 4.69. The van der Waals surface area contributed by atoms with Crippen molar-refractivity contribution in [3.63, 3.8) is 0 Å². The van der Waals surface area contributed by atoms with Crippen LogP contribution in [0.25, 0.3) is 0 Å². The molecule has 0 aromatic carbocycles. The van der Waals surface area contributed by atoms with Gasteiger partial charge in [-0.2, -0.15) is 0 Å². The van der Waals surface area contributed by atoms with E-state index in [1.165, 1.54) is 4.90 Å². The molecule has 5 N–H and O–H groups in total. The van der Waals surface area contributed by atoms with Gasteiger partial charge in [0.05, 0.1) is 6.04 Å². The van der Waals surface area contributed by atoms with Crippen molar-refractivity contribution in [1.82, 2.24) is 20.4 Å². The summed E-state index contributed by atoms with van der Waals surface area (Å²) in [5, 5.41) is 14.9. The van der Waals surface area contributed by atoms with Gasteiger partial charge in [0.15, 0.2) is 0 Å². The Morgan fingerprint density at radius 1 is 0.968 bits per heavy atom. The molecule has 0 aromatic heterocycles. The molecule has 0 spiro atoms. The lowest BCUT2D eigenvalue weighted by Gasteiger charge is -2.32. The Morgan fingerprint density at radius 3 is 2.19 bits per heavy atom. The molecule has 3 aliphatic rings. The zero-order valence-corrected chi connectivity index (χ0v) is 17.5. The van der Waals surface area contributed by atoms with Gasteiger partial charge in [-0.15, -0.1) is 0 Å². The van der Waals surface area contributed by atoms with Gasteiger partial charge in [-0.3, -0.25) is 19.2 Å². The summed E-state index contributed by atoms with van der Waals surface area (Å²) in [6.07, 6.45) is 3.73. The van der Waals surface area contributed by atoms with Crippen LogP contribution in [-0.4, -0.2) is 88.3 Å². The summed E-state index contributed by atoms with van der Waals surface area (Å²) < 4.78 is 0. The summed E-state index contributed by atoms with van der Waals surface area (Å²) in [6, 6.07) is -2.89. The number of hydrogen-bond donors (Lipinski definition) is 4. The van der Waals surface area contributed by atoms with Gasteiger partial charge in [0.1, 0.15) is 18.1 Å². The molecule has 0 unspecified atom stereocenters. The van der Waals surface area contributed by atoms with Crippen molar-refractivity contribution in [1.29, 1.82) is 0 Å². The number of aliphatic carboxylic acids is 1. The normalized spacial score (nSPS) is 26.6. The number of nitrogens with zero attached hydrogens (tertiary/aromatic N) is 2. The van der Waals surface area contributed by atoms with Gasteiger partial charge in [0.2, 0.25) is 23.6 Å². The molecule has 0 saturated carbocycles. The van der Waals surface area contributed by atoms with Gasteiger partial charge in [-0.1, -0.05) is 0 Å². The van der Waals surface area contributed by atoms with E-state index in [0.717, 1.165) is 25.8 Å². The van der Waals surface area contributed by atoms with Gasteiger partial charge in [-0.25, -0.2) is 4.79 Å². The van der Waals surface area contributed by atoms with Gasteiger partial charge in [0.25, 0.3) is 0 Å². The molecule has 3 saturated heterocycles. The molecule has 3 heterocycles. The maximum atomic E-state index is 13.3. The van der Waals surface area contributed by atoms with Crippen LogP contribution >= 0.6 is 0 Å². The van der Waals surface area contributed by atoms with Gasteiger partial charge in [-0.05, 0) is 51.5 Å². The monoisotopic (exact) mass is 437 g/mol. The smallest absolute Gasteiger partial charge is 0.326 e. The Hall–Kier alpha value is -2.69. The van der Waals surface area contributed by atoms with Crippen LogP contribution in [-0.2, 0) is 24.0 Å². The third-order valence-electron chi connectivity index (χ3n) is 6.31. The Balaban J connectivity index is 1.64. The third kappa shape index (κ3) is 5.33. The summed E-state index contributed by atoms with van der Waals surface area (Å²) >= 11 is 0. The molecule has 3 aliphatic heterocycles. The average Bonchev–Trinajstić information content (AvgIpc) is 3.49. The minimum Gasteiger partial charge on any atom is -0.480 e. The summed E-state index contributed by atoms with van der Waals surface area (Å²) in [5.74, 6) is -2.80. The quantitative estimate of drug-likeness (QED) is 0.361. The molecule has 3 fully saturated rings. The van der Waals surface area contributed by atoms with Crippen LogP contribution in [0.3, 0.4) is 0 Å². The summed E-state index contributed by atoms with van der Waals surface area (Å²) in [5.41, 5.74) is 5.07. The molecule has 31 heavy (non-hydrogen) atoms. The van der Waals surface area contributed by atoms with Crippen LogP contribution in [0.1, 0.15) is 51.4 Å². The Bertz CT molecular complexity index is 738. The van der Waals surface area contributed by atoms with Crippen molar-refractivity contribution in [2.24, 2.45) is 5.73 Å². The predicted octanol–water partition coefficient (Wildman–Crippen LogP) is -1.44. The molecule has 4 atom stereocenters. The highest BCUT2D eigenvalue weighted by Crippen LogP contribution is 2.26. The predicted molar refractivity (Wildman–Crippen MR) is 108 cm³/mol. The van der Waals surface area contributed by atoms with Gasteiger partial charge < -0.3 is 31.3 Å². The first-order valence-electron chi connectivity index (χ1n) is 11.0. The maximum absolute atomic E-state index is 13.3. The number of carboxylic acids is 1. The van der Waals surface area contributed by atoms with E-state index in [0.29, 0.717) is 32.4 Å². The number of likely N-dealkylation sites (tertiary alicyclic amines) is 2. The van der Waals surface area contributed by atoms with Crippen molar-refractivity contribution in [2.45, 2.75) is 75.5 Å².